The maximum Gasteiger partial charge on any atom is 0.309 e. The summed E-state index contributed by atoms with van der Waals surface area (Å²) in [6, 6.07) is 4.04. The number of thioether (sulfide) groups is 1. The van der Waals surface area contributed by atoms with Gasteiger partial charge in [0.15, 0.2) is 0 Å². The average molecular weight is 316 g/mol. The summed E-state index contributed by atoms with van der Waals surface area (Å²) in [5, 5.41) is 11.6. The van der Waals surface area contributed by atoms with Crippen LogP contribution in [0.25, 0.3) is 0 Å². The molecule has 0 amide bonds. The molecule has 0 unspecified atom stereocenters. The number of hydrogen-bond donors (Lipinski definition) is 0. The van der Waals surface area contributed by atoms with Crippen molar-refractivity contribution >= 4 is 17.4 Å². The van der Waals surface area contributed by atoms with Gasteiger partial charge in [-0.05, 0) is 37.8 Å². The first-order valence-corrected chi connectivity index (χ1v) is 8.13. The summed E-state index contributed by atoms with van der Waals surface area (Å²) in [5.74, 6) is 0.165. The molecule has 0 saturated heterocycles. The van der Waals surface area contributed by atoms with E-state index in [1.165, 1.54) is 17.4 Å². The third kappa shape index (κ3) is 3.41. The lowest BCUT2D eigenvalue weighted by Crippen LogP contribution is -2.17. The molecular formula is C15H16N4O2S. The van der Waals surface area contributed by atoms with E-state index in [4.69, 9.17) is 0 Å². The van der Waals surface area contributed by atoms with Gasteiger partial charge in [0.05, 0.1) is 4.92 Å². The van der Waals surface area contributed by atoms with Gasteiger partial charge in [-0.15, -0.1) is 11.8 Å². The molecule has 0 bridgehead atoms. The standard InChI is InChI=1S/C15H16N4O2S/c20-19(21)14-9-17-10-18-15(14)11-1-3-12(4-2-11)22-13-5-7-16-8-6-13/h5-12H,1-4H2. The van der Waals surface area contributed by atoms with Crippen LogP contribution in [0.2, 0.25) is 0 Å². The van der Waals surface area contributed by atoms with Gasteiger partial charge in [-0.3, -0.25) is 15.1 Å². The van der Waals surface area contributed by atoms with Gasteiger partial charge in [0, 0.05) is 28.5 Å². The Labute approximate surface area is 132 Å². The Bertz CT molecular complexity index is 645. The minimum absolute atomic E-state index is 0.0488. The summed E-state index contributed by atoms with van der Waals surface area (Å²) in [6.45, 7) is 0. The topological polar surface area (TPSA) is 81.8 Å². The molecule has 1 aliphatic rings. The molecule has 1 aliphatic carbocycles. The van der Waals surface area contributed by atoms with Gasteiger partial charge in [0.25, 0.3) is 0 Å². The zero-order valence-corrected chi connectivity index (χ0v) is 12.8. The summed E-state index contributed by atoms with van der Waals surface area (Å²) in [5.41, 5.74) is 0.639. The number of hydrogen-bond acceptors (Lipinski definition) is 6. The van der Waals surface area contributed by atoms with E-state index >= 15 is 0 Å². The minimum atomic E-state index is -0.382. The Morgan fingerprint density at radius 1 is 1.14 bits per heavy atom. The molecule has 22 heavy (non-hydrogen) atoms. The average Bonchev–Trinajstić information content (AvgIpc) is 2.56. The SMILES string of the molecule is O=[N+]([O-])c1cncnc1C1CCC(Sc2ccncc2)CC1. The molecule has 3 rings (SSSR count). The van der Waals surface area contributed by atoms with E-state index in [2.05, 4.69) is 15.0 Å². The van der Waals surface area contributed by atoms with Crippen molar-refractivity contribution in [2.24, 2.45) is 0 Å². The normalized spacial score (nSPS) is 21.5. The van der Waals surface area contributed by atoms with Crippen LogP contribution >= 0.6 is 11.8 Å². The Balaban J connectivity index is 1.64. The monoisotopic (exact) mass is 316 g/mol. The molecule has 0 radical (unpaired) electrons. The second-order valence-electron chi connectivity index (χ2n) is 5.32. The minimum Gasteiger partial charge on any atom is -0.265 e. The van der Waals surface area contributed by atoms with Gasteiger partial charge in [0.1, 0.15) is 18.2 Å². The zero-order chi connectivity index (χ0) is 15.4. The quantitative estimate of drug-likeness (QED) is 0.633. The van der Waals surface area contributed by atoms with Gasteiger partial charge >= 0.3 is 5.69 Å². The van der Waals surface area contributed by atoms with Crippen molar-refractivity contribution in [3.63, 3.8) is 0 Å². The van der Waals surface area contributed by atoms with Crippen LogP contribution in [0.15, 0.2) is 41.9 Å². The molecule has 7 heteroatoms. The molecule has 2 heterocycles. The Morgan fingerprint density at radius 2 is 1.86 bits per heavy atom. The predicted octanol–water partition coefficient (Wildman–Crippen LogP) is 3.60. The lowest BCUT2D eigenvalue weighted by Gasteiger charge is -2.27. The van der Waals surface area contributed by atoms with Crippen LogP contribution in [0.5, 0.6) is 0 Å². The second kappa shape index (κ2) is 6.83. The van der Waals surface area contributed by atoms with E-state index in [-0.39, 0.29) is 16.5 Å². The van der Waals surface area contributed by atoms with Crippen molar-refractivity contribution in [2.45, 2.75) is 41.7 Å². The van der Waals surface area contributed by atoms with Crippen molar-refractivity contribution < 1.29 is 4.92 Å². The third-order valence-corrected chi connectivity index (χ3v) is 5.28. The third-order valence-electron chi connectivity index (χ3n) is 3.93. The van der Waals surface area contributed by atoms with Crippen molar-refractivity contribution in [3.8, 4) is 0 Å². The van der Waals surface area contributed by atoms with Gasteiger partial charge < -0.3 is 0 Å². The van der Waals surface area contributed by atoms with Crippen LogP contribution < -0.4 is 0 Å². The van der Waals surface area contributed by atoms with Gasteiger partial charge in [-0.25, -0.2) is 9.97 Å². The van der Waals surface area contributed by atoms with Gasteiger partial charge in [-0.1, -0.05) is 0 Å². The van der Waals surface area contributed by atoms with Crippen LogP contribution in [0.4, 0.5) is 5.69 Å². The molecular weight excluding hydrogens is 300 g/mol. The number of nitrogens with zero attached hydrogens (tertiary/aromatic N) is 4. The van der Waals surface area contributed by atoms with Crippen LogP contribution in [0.1, 0.15) is 37.3 Å². The highest BCUT2D eigenvalue weighted by Gasteiger charge is 2.29. The van der Waals surface area contributed by atoms with E-state index in [9.17, 15) is 10.1 Å². The van der Waals surface area contributed by atoms with E-state index in [1.54, 1.807) is 12.4 Å². The fourth-order valence-corrected chi connectivity index (χ4v) is 4.02. The molecule has 0 atom stereocenters. The summed E-state index contributed by atoms with van der Waals surface area (Å²) >= 11 is 1.87. The Morgan fingerprint density at radius 3 is 2.55 bits per heavy atom. The lowest BCUT2D eigenvalue weighted by atomic mass is 9.86. The largest absolute Gasteiger partial charge is 0.309 e. The van der Waals surface area contributed by atoms with Crippen molar-refractivity contribution in [2.75, 3.05) is 0 Å². The highest BCUT2D eigenvalue weighted by Crippen LogP contribution is 2.41. The fraction of sp³-hybridized carbons (Fsp3) is 0.400. The smallest absolute Gasteiger partial charge is 0.265 e. The molecule has 1 fully saturated rings. The first-order valence-electron chi connectivity index (χ1n) is 7.25. The maximum absolute atomic E-state index is 11.1. The predicted molar refractivity (Wildman–Crippen MR) is 83.8 cm³/mol. The number of pyridine rings is 1. The molecule has 0 spiro atoms. The first-order chi connectivity index (χ1) is 10.7. The maximum atomic E-state index is 11.1. The summed E-state index contributed by atoms with van der Waals surface area (Å²) in [6.07, 6.45) is 10.3. The number of nitro groups is 1. The van der Waals surface area contributed by atoms with Gasteiger partial charge in [0.2, 0.25) is 0 Å². The van der Waals surface area contributed by atoms with Crippen molar-refractivity contribution in [3.05, 3.63) is 52.9 Å². The molecule has 0 N–H and O–H groups in total. The molecule has 6 nitrogen and oxygen atoms in total. The number of rotatable bonds is 4. The zero-order valence-electron chi connectivity index (χ0n) is 12.0. The van der Waals surface area contributed by atoms with E-state index < -0.39 is 0 Å². The van der Waals surface area contributed by atoms with Crippen LogP contribution in [-0.2, 0) is 0 Å². The summed E-state index contributed by atoms with van der Waals surface area (Å²) < 4.78 is 0. The van der Waals surface area contributed by atoms with Crippen molar-refractivity contribution in [1.29, 1.82) is 0 Å². The van der Waals surface area contributed by atoms with Crippen LogP contribution in [-0.4, -0.2) is 25.1 Å². The molecule has 1 saturated carbocycles. The first kappa shape index (κ1) is 14.9. The van der Waals surface area contributed by atoms with E-state index in [0.29, 0.717) is 10.9 Å². The van der Waals surface area contributed by atoms with Crippen molar-refractivity contribution in [1.82, 2.24) is 15.0 Å². The fourth-order valence-electron chi connectivity index (χ4n) is 2.85. The molecule has 114 valence electrons. The summed E-state index contributed by atoms with van der Waals surface area (Å²) in [4.78, 5) is 23.9. The second-order valence-corrected chi connectivity index (χ2v) is 6.70. The molecule has 0 aliphatic heterocycles. The van der Waals surface area contributed by atoms with Crippen LogP contribution in [0, 0.1) is 10.1 Å². The Hall–Kier alpha value is -2.02. The highest BCUT2D eigenvalue weighted by molar-refractivity contribution is 8.00. The molecule has 2 aromatic rings. The molecule has 2 aromatic heterocycles. The van der Waals surface area contributed by atoms with E-state index in [0.717, 1.165) is 25.7 Å². The Kier molecular flexibility index (Phi) is 4.62. The van der Waals surface area contributed by atoms with E-state index in [1.807, 2.05) is 23.9 Å². The number of aromatic nitrogens is 3. The summed E-state index contributed by atoms with van der Waals surface area (Å²) in [7, 11) is 0. The van der Waals surface area contributed by atoms with Crippen LogP contribution in [0.3, 0.4) is 0 Å². The highest BCUT2D eigenvalue weighted by atomic mass is 32.2. The lowest BCUT2D eigenvalue weighted by molar-refractivity contribution is -0.386. The molecule has 0 aromatic carbocycles. The van der Waals surface area contributed by atoms with Gasteiger partial charge in [-0.2, -0.15) is 0 Å².